The van der Waals surface area contributed by atoms with Crippen LogP contribution in [0.3, 0.4) is 0 Å². The van der Waals surface area contributed by atoms with E-state index in [1.54, 1.807) is 11.1 Å². The van der Waals surface area contributed by atoms with Crippen molar-refractivity contribution in [2.24, 2.45) is 0 Å². The molecule has 0 radical (unpaired) electrons. The van der Waals surface area contributed by atoms with Crippen LogP contribution in [0.15, 0.2) is 18.3 Å². The molecule has 1 amide bonds. The summed E-state index contributed by atoms with van der Waals surface area (Å²) in [6.07, 6.45) is 4.72. The highest BCUT2D eigenvalue weighted by molar-refractivity contribution is 6.30. The van der Waals surface area contributed by atoms with Crippen molar-refractivity contribution in [2.45, 2.75) is 31.3 Å². The van der Waals surface area contributed by atoms with E-state index in [0.29, 0.717) is 31.0 Å². The molecule has 3 rings (SSSR count). The Morgan fingerprint density at radius 1 is 1.19 bits per heavy atom. The molecule has 1 N–H and O–H groups in total. The number of carbonyl (C=O) groups is 1. The van der Waals surface area contributed by atoms with E-state index in [2.05, 4.69) is 9.88 Å². The van der Waals surface area contributed by atoms with E-state index < -0.39 is 5.60 Å². The zero-order valence-corrected chi connectivity index (χ0v) is 12.7. The second kappa shape index (κ2) is 5.81. The van der Waals surface area contributed by atoms with Gasteiger partial charge in [-0.2, -0.15) is 0 Å². The Balaban J connectivity index is 1.60. The summed E-state index contributed by atoms with van der Waals surface area (Å²) < 4.78 is 0. The van der Waals surface area contributed by atoms with Crippen LogP contribution in [-0.4, -0.2) is 52.7 Å². The normalized spacial score (nSPS) is 21.6. The van der Waals surface area contributed by atoms with Crippen LogP contribution in [0.2, 0.25) is 5.02 Å². The molecule has 1 saturated carbocycles. The molecular weight excluding hydrogens is 290 g/mol. The summed E-state index contributed by atoms with van der Waals surface area (Å²) in [4.78, 5) is 20.7. The van der Waals surface area contributed by atoms with Gasteiger partial charge in [-0.3, -0.25) is 4.79 Å². The van der Waals surface area contributed by atoms with Crippen molar-refractivity contribution < 1.29 is 9.90 Å². The third kappa shape index (κ3) is 2.99. The molecule has 5 nitrogen and oxygen atoms in total. The number of anilines is 1. The van der Waals surface area contributed by atoms with Crippen LogP contribution in [0.4, 0.5) is 5.82 Å². The fraction of sp³-hybridized carbons (Fsp3) is 0.600. The highest BCUT2D eigenvalue weighted by atomic mass is 35.5. The minimum Gasteiger partial charge on any atom is -0.380 e. The van der Waals surface area contributed by atoms with E-state index in [4.69, 9.17) is 11.6 Å². The zero-order valence-electron chi connectivity index (χ0n) is 12.0. The van der Waals surface area contributed by atoms with Gasteiger partial charge in [-0.1, -0.05) is 11.6 Å². The molecule has 1 saturated heterocycles. The topological polar surface area (TPSA) is 56.7 Å². The summed E-state index contributed by atoms with van der Waals surface area (Å²) in [6, 6.07) is 3.72. The number of halogens is 1. The van der Waals surface area contributed by atoms with Crippen molar-refractivity contribution in [3.05, 3.63) is 23.4 Å². The van der Waals surface area contributed by atoms with Crippen LogP contribution < -0.4 is 4.90 Å². The molecule has 0 bridgehead atoms. The lowest BCUT2D eigenvalue weighted by atomic mass is 10.00. The molecule has 1 aliphatic heterocycles. The molecule has 21 heavy (non-hydrogen) atoms. The number of hydrogen-bond donors (Lipinski definition) is 1. The Hall–Kier alpha value is -1.33. The average Bonchev–Trinajstić information content (AvgIpc) is 2.96. The smallest absolute Gasteiger partial charge is 0.254 e. The van der Waals surface area contributed by atoms with Gasteiger partial charge in [0.1, 0.15) is 11.4 Å². The van der Waals surface area contributed by atoms with Crippen molar-refractivity contribution in [2.75, 3.05) is 31.1 Å². The van der Waals surface area contributed by atoms with E-state index in [-0.39, 0.29) is 5.91 Å². The number of aromatic nitrogens is 1. The Morgan fingerprint density at radius 2 is 1.86 bits per heavy atom. The summed E-state index contributed by atoms with van der Waals surface area (Å²) >= 11 is 5.84. The molecule has 6 heteroatoms. The van der Waals surface area contributed by atoms with Gasteiger partial charge in [0, 0.05) is 32.4 Å². The largest absolute Gasteiger partial charge is 0.380 e. The summed E-state index contributed by atoms with van der Waals surface area (Å²) in [5, 5.41) is 11.0. The van der Waals surface area contributed by atoms with E-state index in [9.17, 15) is 9.90 Å². The Bertz CT molecular complexity index is 506. The van der Waals surface area contributed by atoms with E-state index in [1.807, 2.05) is 12.1 Å². The highest BCUT2D eigenvalue weighted by Gasteiger charge is 2.42. The average molecular weight is 310 g/mol. The number of rotatable bonds is 2. The standard InChI is InChI=1S/C15H20ClN3O2/c16-12-3-4-13(17-11-12)18-7-9-19(10-8-18)14(20)15(21)5-1-2-6-15/h3-4,11,21H,1-2,5-10H2. The molecule has 0 aromatic carbocycles. The molecule has 2 aliphatic rings. The van der Waals surface area contributed by atoms with Gasteiger partial charge in [-0.15, -0.1) is 0 Å². The van der Waals surface area contributed by atoms with Crippen molar-refractivity contribution in [1.29, 1.82) is 0 Å². The van der Waals surface area contributed by atoms with Crippen molar-refractivity contribution in [3.8, 4) is 0 Å². The summed E-state index contributed by atoms with van der Waals surface area (Å²) in [7, 11) is 0. The highest BCUT2D eigenvalue weighted by Crippen LogP contribution is 2.31. The molecule has 1 aromatic rings. The van der Waals surface area contributed by atoms with E-state index >= 15 is 0 Å². The maximum absolute atomic E-state index is 12.4. The number of aliphatic hydroxyl groups is 1. The number of nitrogens with zero attached hydrogens (tertiary/aromatic N) is 3. The first kappa shape index (κ1) is 14.6. The first-order valence-corrected chi connectivity index (χ1v) is 7.85. The van der Waals surface area contributed by atoms with Gasteiger partial charge in [0.2, 0.25) is 0 Å². The minimum absolute atomic E-state index is 0.0938. The fourth-order valence-electron chi connectivity index (χ4n) is 3.16. The molecule has 2 heterocycles. The van der Waals surface area contributed by atoms with Gasteiger partial charge in [0.15, 0.2) is 0 Å². The first-order chi connectivity index (χ1) is 10.1. The lowest BCUT2D eigenvalue weighted by Crippen LogP contribution is -2.55. The fourth-order valence-corrected chi connectivity index (χ4v) is 3.27. The lowest BCUT2D eigenvalue weighted by Gasteiger charge is -2.38. The number of carbonyl (C=O) groups excluding carboxylic acids is 1. The molecule has 0 spiro atoms. The van der Waals surface area contributed by atoms with Crippen molar-refractivity contribution in [3.63, 3.8) is 0 Å². The van der Waals surface area contributed by atoms with Crippen LogP contribution in [0.1, 0.15) is 25.7 Å². The molecule has 114 valence electrons. The second-order valence-corrected chi connectivity index (χ2v) is 6.29. The van der Waals surface area contributed by atoms with E-state index in [1.165, 1.54) is 0 Å². The van der Waals surface area contributed by atoms with Crippen LogP contribution in [-0.2, 0) is 4.79 Å². The second-order valence-electron chi connectivity index (χ2n) is 5.85. The summed E-state index contributed by atoms with van der Waals surface area (Å²) in [5.41, 5.74) is -1.11. The minimum atomic E-state index is -1.11. The predicted molar refractivity (Wildman–Crippen MR) is 81.5 cm³/mol. The van der Waals surface area contributed by atoms with Crippen LogP contribution in [0.5, 0.6) is 0 Å². The van der Waals surface area contributed by atoms with Crippen LogP contribution in [0, 0.1) is 0 Å². The lowest BCUT2D eigenvalue weighted by molar-refractivity contribution is -0.151. The van der Waals surface area contributed by atoms with Gasteiger partial charge in [-0.25, -0.2) is 4.98 Å². The van der Waals surface area contributed by atoms with Crippen molar-refractivity contribution >= 4 is 23.3 Å². The van der Waals surface area contributed by atoms with Gasteiger partial charge in [0.25, 0.3) is 5.91 Å². The molecular formula is C15H20ClN3O2. The summed E-state index contributed by atoms with van der Waals surface area (Å²) in [6.45, 7) is 2.73. The maximum atomic E-state index is 12.4. The molecule has 1 aliphatic carbocycles. The third-order valence-corrected chi connectivity index (χ3v) is 4.66. The van der Waals surface area contributed by atoms with Gasteiger partial charge in [0.05, 0.1) is 5.02 Å². The Labute approximate surface area is 129 Å². The maximum Gasteiger partial charge on any atom is 0.254 e. The van der Waals surface area contributed by atoms with E-state index in [0.717, 1.165) is 31.7 Å². The molecule has 2 fully saturated rings. The Morgan fingerprint density at radius 3 is 2.43 bits per heavy atom. The number of hydrogen-bond acceptors (Lipinski definition) is 4. The predicted octanol–water partition coefficient (Wildman–Crippen LogP) is 1.69. The summed E-state index contributed by atoms with van der Waals surface area (Å²) in [5.74, 6) is 0.787. The molecule has 0 unspecified atom stereocenters. The SMILES string of the molecule is O=C(N1CCN(c2ccc(Cl)cn2)CC1)C1(O)CCCC1. The van der Waals surface area contributed by atoms with Crippen LogP contribution in [0.25, 0.3) is 0 Å². The van der Waals surface area contributed by atoms with Gasteiger partial charge >= 0.3 is 0 Å². The van der Waals surface area contributed by atoms with Crippen LogP contribution >= 0.6 is 11.6 Å². The zero-order chi connectivity index (χ0) is 14.9. The van der Waals surface area contributed by atoms with Gasteiger partial charge < -0.3 is 14.9 Å². The first-order valence-electron chi connectivity index (χ1n) is 7.47. The van der Waals surface area contributed by atoms with Gasteiger partial charge in [-0.05, 0) is 37.8 Å². The number of pyridine rings is 1. The number of piperazine rings is 1. The molecule has 0 atom stereocenters. The third-order valence-electron chi connectivity index (χ3n) is 4.43. The molecule has 1 aromatic heterocycles. The number of amides is 1. The quantitative estimate of drug-likeness (QED) is 0.903. The van der Waals surface area contributed by atoms with Crippen molar-refractivity contribution in [1.82, 2.24) is 9.88 Å². The monoisotopic (exact) mass is 309 g/mol. The Kier molecular flexibility index (Phi) is 4.04.